The molecule has 0 saturated heterocycles. The average Bonchev–Trinajstić information content (AvgIpc) is 2.82. The van der Waals surface area contributed by atoms with Crippen LogP contribution in [-0.4, -0.2) is 51.1 Å². The number of hydrogen-bond acceptors (Lipinski definition) is 5. The molecule has 0 spiro atoms. The van der Waals surface area contributed by atoms with Gasteiger partial charge in [-0.25, -0.2) is 4.98 Å². The maximum absolute atomic E-state index is 12.2. The third-order valence-corrected chi connectivity index (χ3v) is 3.07. The monoisotopic (exact) mass is 291 g/mol. The fourth-order valence-corrected chi connectivity index (χ4v) is 2.09. The summed E-state index contributed by atoms with van der Waals surface area (Å²) in [6.07, 6.45) is 1.51. The zero-order valence-electron chi connectivity index (χ0n) is 11.4. The van der Waals surface area contributed by atoms with E-state index in [1.165, 1.54) is 11.2 Å². The first kappa shape index (κ1) is 14.8. The average molecular weight is 291 g/mol. The van der Waals surface area contributed by atoms with E-state index in [1.807, 2.05) is 0 Å². The molecule has 8 nitrogen and oxygen atoms in total. The van der Waals surface area contributed by atoms with Crippen LogP contribution in [0.15, 0.2) is 24.5 Å². The standard InChI is InChI=1S/C13H17N5O3/c14-4-5-17(7-12(20)21)11(19)6-18-8-16-13-9(15)2-1-3-10(13)18/h1-3,8H,4-7,14-15H2,(H,20,21). The van der Waals surface area contributed by atoms with Gasteiger partial charge in [-0.2, -0.15) is 0 Å². The summed E-state index contributed by atoms with van der Waals surface area (Å²) >= 11 is 0. The van der Waals surface area contributed by atoms with Crippen molar-refractivity contribution in [3.8, 4) is 0 Å². The Bertz CT molecular complexity index is 667. The molecule has 2 aromatic rings. The van der Waals surface area contributed by atoms with Gasteiger partial charge < -0.3 is 26.0 Å². The summed E-state index contributed by atoms with van der Waals surface area (Å²) in [7, 11) is 0. The molecule has 0 aliphatic rings. The second kappa shape index (κ2) is 6.23. The van der Waals surface area contributed by atoms with Crippen LogP contribution in [0.3, 0.4) is 0 Å². The number of nitrogens with two attached hydrogens (primary N) is 2. The quantitative estimate of drug-likeness (QED) is 0.615. The largest absolute Gasteiger partial charge is 0.480 e. The summed E-state index contributed by atoms with van der Waals surface area (Å²) in [6, 6.07) is 5.30. The van der Waals surface area contributed by atoms with Crippen LogP contribution in [0.2, 0.25) is 0 Å². The molecule has 0 saturated carbocycles. The van der Waals surface area contributed by atoms with Crippen LogP contribution in [0.5, 0.6) is 0 Å². The van der Waals surface area contributed by atoms with Crippen molar-refractivity contribution in [3.63, 3.8) is 0 Å². The summed E-state index contributed by atoms with van der Waals surface area (Å²) in [6.45, 7) is 0.0224. The highest BCUT2D eigenvalue weighted by Gasteiger charge is 2.17. The Morgan fingerprint density at radius 3 is 2.81 bits per heavy atom. The van der Waals surface area contributed by atoms with E-state index in [4.69, 9.17) is 16.6 Å². The van der Waals surface area contributed by atoms with Crippen molar-refractivity contribution in [2.24, 2.45) is 5.73 Å². The summed E-state index contributed by atoms with van der Waals surface area (Å²) in [5.74, 6) is -1.40. The van der Waals surface area contributed by atoms with E-state index in [-0.39, 0.29) is 32.1 Å². The minimum Gasteiger partial charge on any atom is -0.480 e. The molecule has 0 bridgehead atoms. The Labute approximate surface area is 120 Å². The van der Waals surface area contributed by atoms with Crippen molar-refractivity contribution >= 4 is 28.6 Å². The number of rotatable bonds is 6. The summed E-state index contributed by atoms with van der Waals surface area (Å²) < 4.78 is 1.64. The van der Waals surface area contributed by atoms with Gasteiger partial charge in [-0.1, -0.05) is 6.07 Å². The number of carbonyl (C=O) groups excluding carboxylic acids is 1. The van der Waals surface area contributed by atoms with Gasteiger partial charge in [-0.15, -0.1) is 0 Å². The molecule has 0 unspecified atom stereocenters. The van der Waals surface area contributed by atoms with Crippen molar-refractivity contribution in [2.75, 3.05) is 25.4 Å². The van der Waals surface area contributed by atoms with Gasteiger partial charge in [0, 0.05) is 13.1 Å². The number of aliphatic carboxylic acids is 1. The Morgan fingerprint density at radius 2 is 2.14 bits per heavy atom. The molecule has 0 aliphatic heterocycles. The maximum Gasteiger partial charge on any atom is 0.323 e. The first-order chi connectivity index (χ1) is 10.0. The van der Waals surface area contributed by atoms with Crippen LogP contribution < -0.4 is 11.5 Å². The first-order valence-electron chi connectivity index (χ1n) is 6.42. The number of nitrogens with zero attached hydrogens (tertiary/aromatic N) is 3. The predicted molar refractivity (Wildman–Crippen MR) is 77.4 cm³/mol. The highest BCUT2D eigenvalue weighted by Crippen LogP contribution is 2.19. The third-order valence-electron chi connectivity index (χ3n) is 3.07. The van der Waals surface area contributed by atoms with Crippen LogP contribution in [0.4, 0.5) is 5.69 Å². The number of nitrogen functional groups attached to an aromatic ring is 1. The van der Waals surface area contributed by atoms with Crippen LogP contribution in [-0.2, 0) is 16.1 Å². The second-order valence-electron chi connectivity index (χ2n) is 4.59. The zero-order valence-corrected chi connectivity index (χ0v) is 11.4. The number of anilines is 1. The number of carboxylic acid groups (broad SMARTS) is 1. The van der Waals surface area contributed by atoms with Gasteiger partial charge in [-0.05, 0) is 12.1 Å². The van der Waals surface area contributed by atoms with E-state index >= 15 is 0 Å². The molecular weight excluding hydrogens is 274 g/mol. The Hall–Kier alpha value is -2.61. The minimum absolute atomic E-state index is 0.00671. The van der Waals surface area contributed by atoms with Crippen molar-refractivity contribution in [1.29, 1.82) is 0 Å². The van der Waals surface area contributed by atoms with E-state index in [0.29, 0.717) is 11.2 Å². The van der Waals surface area contributed by atoms with Crippen LogP contribution in [0.1, 0.15) is 0 Å². The number of carbonyl (C=O) groups is 2. The van der Waals surface area contributed by atoms with Gasteiger partial charge in [0.15, 0.2) is 0 Å². The van der Waals surface area contributed by atoms with Gasteiger partial charge in [-0.3, -0.25) is 9.59 Å². The molecule has 0 aliphatic carbocycles. The third kappa shape index (κ3) is 3.29. The van der Waals surface area contributed by atoms with E-state index in [9.17, 15) is 9.59 Å². The highest BCUT2D eigenvalue weighted by atomic mass is 16.4. The molecule has 8 heteroatoms. The molecule has 0 radical (unpaired) electrons. The zero-order chi connectivity index (χ0) is 15.4. The molecule has 21 heavy (non-hydrogen) atoms. The molecule has 0 atom stereocenters. The fraction of sp³-hybridized carbons (Fsp3) is 0.308. The van der Waals surface area contributed by atoms with Gasteiger partial charge in [0.1, 0.15) is 18.6 Å². The van der Waals surface area contributed by atoms with E-state index in [1.54, 1.807) is 22.8 Å². The molecule has 1 heterocycles. The molecule has 1 aromatic carbocycles. The highest BCUT2D eigenvalue weighted by molar-refractivity contribution is 5.88. The van der Waals surface area contributed by atoms with Crippen molar-refractivity contribution in [3.05, 3.63) is 24.5 Å². The Kier molecular flexibility index (Phi) is 4.39. The smallest absolute Gasteiger partial charge is 0.323 e. The lowest BCUT2D eigenvalue weighted by Crippen LogP contribution is -2.40. The number of carboxylic acids is 1. The second-order valence-corrected chi connectivity index (χ2v) is 4.59. The number of imidazole rings is 1. The van der Waals surface area contributed by atoms with Gasteiger partial charge >= 0.3 is 5.97 Å². The van der Waals surface area contributed by atoms with Gasteiger partial charge in [0.05, 0.1) is 17.5 Å². The number of hydrogen-bond donors (Lipinski definition) is 3. The predicted octanol–water partition coefficient (Wildman–Crippen LogP) is -0.510. The normalized spacial score (nSPS) is 10.7. The van der Waals surface area contributed by atoms with Crippen LogP contribution in [0, 0.1) is 0 Å². The fourth-order valence-electron chi connectivity index (χ4n) is 2.09. The van der Waals surface area contributed by atoms with Crippen molar-refractivity contribution in [2.45, 2.75) is 6.54 Å². The van der Waals surface area contributed by atoms with E-state index in [0.717, 1.165) is 5.52 Å². The number of benzene rings is 1. The summed E-state index contributed by atoms with van der Waals surface area (Å²) in [5.41, 5.74) is 13.1. The molecule has 1 aromatic heterocycles. The van der Waals surface area contributed by atoms with Gasteiger partial charge in [0.25, 0.3) is 0 Å². The molecule has 0 fully saturated rings. The van der Waals surface area contributed by atoms with E-state index < -0.39 is 5.97 Å². The number of fused-ring (bicyclic) bond motifs is 1. The maximum atomic E-state index is 12.2. The van der Waals surface area contributed by atoms with Crippen molar-refractivity contribution < 1.29 is 14.7 Å². The molecule has 5 N–H and O–H groups in total. The minimum atomic E-state index is -1.07. The van der Waals surface area contributed by atoms with Gasteiger partial charge in [0.2, 0.25) is 5.91 Å². The lowest BCUT2D eigenvalue weighted by Gasteiger charge is -2.20. The number of amides is 1. The first-order valence-corrected chi connectivity index (χ1v) is 6.42. The number of para-hydroxylation sites is 1. The summed E-state index contributed by atoms with van der Waals surface area (Å²) in [5, 5.41) is 8.82. The SMILES string of the molecule is NCCN(CC(=O)O)C(=O)Cn1cnc2c(N)cccc21. The lowest BCUT2D eigenvalue weighted by molar-refractivity contribution is -0.144. The number of aromatic nitrogens is 2. The molecule has 2 rings (SSSR count). The lowest BCUT2D eigenvalue weighted by atomic mass is 10.2. The summed E-state index contributed by atoms with van der Waals surface area (Å²) in [4.78, 5) is 28.3. The van der Waals surface area contributed by atoms with Crippen molar-refractivity contribution in [1.82, 2.24) is 14.5 Å². The molecule has 112 valence electrons. The Morgan fingerprint density at radius 1 is 1.38 bits per heavy atom. The van der Waals surface area contributed by atoms with E-state index in [2.05, 4.69) is 4.98 Å². The Balaban J connectivity index is 2.20. The topological polar surface area (TPSA) is 127 Å². The molecular formula is C13H17N5O3. The van der Waals surface area contributed by atoms with Crippen LogP contribution in [0.25, 0.3) is 11.0 Å². The van der Waals surface area contributed by atoms with Crippen LogP contribution >= 0.6 is 0 Å². The molecule has 1 amide bonds.